The molecule has 0 spiro atoms. The van der Waals surface area contributed by atoms with Crippen LogP contribution in [0.1, 0.15) is 21.5 Å². The fourth-order valence-corrected chi connectivity index (χ4v) is 1.84. The fraction of sp³-hybridized carbons (Fsp3) is 0.176. The van der Waals surface area contributed by atoms with Crippen LogP contribution in [0.2, 0.25) is 0 Å². The van der Waals surface area contributed by atoms with Crippen LogP contribution in [-0.2, 0) is 16.1 Å². The number of hydrogen-bond donors (Lipinski definition) is 1. The van der Waals surface area contributed by atoms with E-state index < -0.39 is 11.9 Å². The zero-order chi connectivity index (χ0) is 15.9. The van der Waals surface area contributed by atoms with Crippen LogP contribution in [0.25, 0.3) is 0 Å². The van der Waals surface area contributed by atoms with Gasteiger partial charge in [-0.25, -0.2) is 9.18 Å². The van der Waals surface area contributed by atoms with Crippen LogP contribution in [0, 0.1) is 12.7 Å². The number of benzene rings is 2. The van der Waals surface area contributed by atoms with Crippen LogP contribution in [-0.4, -0.2) is 18.5 Å². The second-order valence-electron chi connectivity index (χ2n) is 4.85. The molecule has 114 valence electrons. The molecule has 0 heterocycles. The Hall–Kier alpha value is -2.69. The van der Waals surface area contributed by atoms with Gasteiger partial charge in [-0.3, -0.25) is 4.79 Å². The summed E-state index contributed by atoms with van der Waals surface area (Å²) in [4.78, 5) is 23.4. The lowest BCUT2D eigenvalue weighted by atomic mass is 10.1. The molecule has 0 fully saturated rings. The maximum atomic E-state index is 12.7. The Balaban J connectivity index is 1.78. The molecule has 2 aromatic rings. The van der Waals surface area contributed by atoms with E-state index in [0.29, 0.717) is 5.56 Å². The summed E-state index contributed by atoms with van der Waals surface area (Å²) in [5.74, 6) is -1.28. The molecular formula is C17H16FNO3. The molecule has 0 saturated heterocycles. The van der Waals surface area contributed by atoms with E-state index in [9.17, 15) is 14.0 Å². The van der Waals surface area contributed by atoms with E-state index in [1.165, 1.54) is 12.1 Å². The molecule has 0 aliphatic carbocycles. The number of carbonyl (C=O) groups excluding carboxylic acids is 2. The molecule has 0 unspecified atom stereocenters. The van der Waals surface area contributed by atoms with Gasteiger partial charge in [-0.1, -0.05) is 29.8 Å². The lowest BCUT2D eigenvalue weighted by Gasteiger charge is -2.07. The number of rotatable bonds is 5. The number of nitrogens with one attached hydrogen (secondary N) is 1. The predicted molar refractivity (Wildman–Crippen MR) is 79.7 cm³/mol. The topological polar surface area (TPSA) is 55.4 Å². The lowest BCUT2D eigenvalue weighted by molar-refractivity contribution is -0.124. The van der Waals surface area contributed by atoms with Crippen molar-refractivity contribution >= 4 is 11.9 Å². The van der Waals surface area contributed by atoms with Gasteiger partial charge in [0, 0.05) is 6.54 Å². The van der Waals surface area contributed by atoms with Gasteiger partial charge in [-0.15, -0.1) is 0 Å². The van der Waals surface area contributed by atoms with Gasteiger partial charge in [0.05, 0.1) is 5.56 Å². The van der Waals surface area contributed by atoms with E-state index in [4.69, 9.17) is 4.74 Å². The lowest BCUT2D eigenvalue weighted by Crippen LogP contribution is -2.28. The van der Waals surface area contributed by atoms with Crippen molar-refractivity contribution < 1.29 is 18.7 Å². The predicted octanol–water partition coefficient (Wildman–Crippen LogP) is 2.61. The molecule has 4 nitrogen and oxygen atoms in total. The van der Waals surface area contributed by atoms with E-state index in [-0.39, 0.29) is 19.0 Å². The average Bonchev–Trinajstić information content (AvgIpc) is 2.52. The van der Waals surface area contributed by atoms with Gasteiger partial charge < -0.3 is 10.1 Å². The van der Waals surface area contributed by atoms with Gasteiger partial charge in [-0.2, -0.15) is 0 Å². The normalized spacial score (nSPS) is 10.1. The van der Waals surface area contributed by atoms with Gasteiger partial charge in [0.2, 0.25) is 0 Å². The standard InChI is InChI=1S/C17H16FNO3/c1-12-3-2-4-14(9-12)17(21)22-11-16(20)19-10-13-5-7-15(18)8-6-13/h2-9H,10-11H2,1H3,(H,19,20). The molecule has 1 N–H and O–H groups in total. The second-order valence-corrected chi connectivity index (χ2v) is 4.85. The largest absolute Gasteiger partial charge is 0.452 e. The Bertz CT molecular complexity index is 668. The van der Waals surface area contributed by atoms with Crippen LogP contribution in [0.15, 0.2) is 48.5 Å². The van der Waals surface area contributed by atoms with Crippen molar-refractivity contribution in [3.05, 3.63) is 71.0 Å². The molecule has 0 bridgehead atoms. The molecule has 2 rings (SSSR count). The van der Waals surface area contributed by atoms with Crippen LogP contribution < -0.4 is 5.32 Å². The first-order chi connectivity index (χ1) is 10.5. The smallest absolute Gasteiger partial charge is 0.338 e. The van der Waals surface area contributed by atoms with Gasteiger partial charge >= 0.3 is 5.97 Å². The number of hydrogen-bond acceptors (Lipinski definition) is 3. The second kappa shape index (κ2) is 7.36. The van der Waals surface area contributed by atoms with E-state index in [2.05, 4.69) is 5.32 Å². The van der Waals surface area contributed by atoms with Crippen molar-refractivity contribution in [1.29, 1.82) is 0 Å². The highest BCUT2D eigenvalue weighted by Crippen LogP contribution is 2.05. The van der Waals surface area contributed by atoms with Crippen molar-refractivity contribution in [2.45, 2.75) is 13.5 Å². The van der Waals surface area contributed by atoms with E-state index in [1.54, 1.807) is 30.3 Å². The van der Waals surface area contributed by atoms with Crippen molar-refractivity contribution in [3.63, 3.8) is 0 Å². The monoisotopic (exact) mass is 301 g/mol. The summed E-state index contributed by atoms with van der Waals surface area (Å²) >= 11 is 0. The third-order valence-electron chi connectivity index (χ3n) is 2.99. The molecule has 2 aromatic carbocycles. The van der Waals surface area contributed by atoms with Crippen LogP contribution in [0.5, 0.6) is 0 Å². The van der Waals surface area contributed by atoms with Crippen LogP contribution in [0.4, 0.5) is 4.39 Å². The molecule has 0 radical (unpaired) electrons. The van der Waals surface area contributed by atoms with Gasteiger partial charge in [0.15, 0.2) is 6.61 Å². The molecule has 1 amide bonds. The summed E-state index contributed by atoms with van der Waals surface area (Å²) in [6.07, 6.45) is 0. The number of halogens is 1. The Labute approximate surface area is 127 Å². The zero-order valence-electron chi connectivity index (χ0n) is 12.1. The minimum atomic E-state index is -0.541. The molecule has 0 saturated carbocycles. The summed E-state index contributed by atoms with van der Waals surface area (Å²) < 4.78 is 17.7. The number of ether oxygens (including phenoxy) is 1. The summed E-state index contributed by atoms with van der Waals surface area (Å²) in [6.45, 7) is 1.77. The molecule has 0 aliphatic heterocycles. The SMILES string of the molecule is Cc1cccc(C(=O)OCC(=O)NCc2ccc(F)cc2)c1. The minimum absolute atomic E-state index is 0.251. The first-order valence-electron chi connectivity index (χ1n) is 6.79. The molecule has 0 aromatic heterocycles. The third kappa shape index (κ3) is 4.70. The Morgan fingerprint density at radius 1 is 1.14 bits per heavy atom. The highest BCUT2D eigenvalue weighted by molar-refractivity contribution is 5.91. The maximum absolute atomic E-state index is 12.7. The molecule has 5 heteroatoms. The summed E-state index contributed by atoms with van der Waals surface area (Å²) in [5, 5.41) is 2.60. The number of amides is 1. The van der Waals surface area contributed by atoms with Crippen LogP contribution >= 0.6 is 0 Å². The summed E-state index contributed by atoms with van der Waals surface area (Å²) in [7, 11) is 0. The highest BCUT2D eigenvalue weighted by Gasteiger charge is 2.10. The van der Waals surface area contributed by atoms with Gasteiger partial charge in [0.1, 0.15) is 5.82 Å². The maximum Gasteiger partial charge on any atom is 0.338 e. The third-order valence-corrected chi connectivity index (χ3v) is 2.99. The van der Waals surface area contributed by atoms with E-state index in [1.807, 2.05) is 13.0 Å². The first-order valence-corrected chi connectivity index (χ1v) is 6.79. The quantitative estimate of drug-likeness (QED) is 0.864. The highest BCUT2D eigenvalue weighted by atomic mass is 19.1. The number of aryl methyl sites for hydroxylation is 1. The summed E-state index contributed by atoms with van der Waals surface area (Å²) in [5.41, 5.74) is 2.11. The number of carbonyl (C=O) groups is 2. The fourth-order valence-electron chi connectivity index (χ4n) is 1.84. The van der Waals surface area contributed by atoms with E-state index in [0.717, 1.165) is 11.1 Å². The van der Waals surface area contributed by atoms with Crippen molar-refractivity contribution in [3.8, 4) is 0 Å². The number of esters is 1. The zero-order valence-corrected chi connectivity index (χ0v) is 12.1. The van der Waals surface area contributed by atoms with Crippen LogP contribution in [0.3, 0.4) is 0 Å². The Morgan fingerprint density at radius 2 is 1.86 bits per heavy atom. The first kappa shape index (κ1) is 15.7. The summed E-state index contributed by atoms with van der Waals surface area (Å²) in [6, 6.07) is 12.7. The Kier molecular flexibility index (Phi) is 5.25. The minimum Gasteiger partial charge on any atom is -0.452 e. The van der Waals surface area contributed by atoms with Gasteiger partial charge in [0.25, 0.3) is 5.91 Å². The average molecular weight is 301 g/mol. The molecular weight excluding hydrogens is 285 g/mol. The van der Waals surface area contributed by atoms with Gasteiger partial charge in [-0.05, 0) is 36.8 Å². The Morgan fingerprint density at radius 3 is 2.55 bits per heavy atom. The van der Waals surface area contributed by atoms with Crippen molar-refractivity contribution in [1.82, 2.24) is 5.32 Å². The molecule has 0 atom stereocenters. The molecule has 22 heavy (non-hydrogen) atoms. The van der Waals surface area contributed by atoms with E-state index >= 15 is 0 Å². The molecule has 0 aliphatic rings. The van der Waals surface area contributed by atoms with Crippen molar-refractivity contribution in [2.24, 2.45) is 0 Å². The van der Waals surface area contributed by atoms with Crippen molar-refractivity contribution in [2.75, 3.05) is 6.61 Å².